The molecule has 0 fully saturated rings. The first-order valence-corrected chi connectivity index (χ1v) is 11.9. The number of carbonyl (C=O) groups excluding carboxylic acids is 2. The van der Waals surface area contributed by atoms with Crippen LogP contribution in [0.4, 0.5) is 11.4 Å². The van der Waals surface area contributed by atoms with Crippen LogP contribution in [0.2, 0.25) is 5.02 Å². The third-order valence-electron chi connectivity index (χ3n) is 4.66. The molecule has 0 aliphatic rings. The second-order valence-electron chi connectivity index (χ2n) is 7.44. The number of carbonyl (C=O) groups is 2. The summed E-state index contributed by atoms with van der Waals surface area (Å²) < 4.78 is 11.3. The third kappa shape index (κ3) is 8.59. The van der Waals surface area contributed by atoms with Crippen LogP contribution in [-0.4, -0.2) is 30.1 Å². The molecule has 3 aromatic carbocycles. The van der Waals surface area contributed by atoms with Crippen LogP contribution < -0.4 is 25.4 Å². The van der Waals surface area contributed by atoms with E-state index in [1.54, 1.807) is 42.5 Å². The minimum absolute atomic E-state index is 0.0662. The summed E-state index contributed by atoms with van der Waals surface area (Å²) in [4.78, 5) is 24.5. The fourth-order valence-corrected chi connectivity index (χ4v) is 3.41. The van der Waals surface area contributed by atoms with Crippen molar-refractivity contribution in [3.05, 3.63) is 83.4 Å². The summed E-state index contributed by atoms with van der Waals surface area (Å²) in [5.41, 5.74) is 1.41. The van der Waals surface area contributed by atoms with Crippen LogP contribution in [0.1, 0.15) is 30.1 Å². The highest BCUT2D eigenvalue weighted by Gasteiger charge is 2.11. The summed E-state index contributed by atoms with van der Waals surface area (Å²) >= 11 is 11.5. The molecule has 0 radical (unpaired) electrons. The molecule has 0 unspecified atom stereocenters. The molecular weight excluding hydrogens is 486 g/mol. The fraction of sp³-hybridized carbons (Fsp3) is 0.192. The van der Waals surface area contributed by atoms with Crippen LogP contribution in [-0.2, 0) is 4.79 Å². The molecule has 2 amide bonds. The second-order valence-corrected chi connectivity index (χ2v) is 8.25. The van der Waals surface area contributed by atoms with Crippen molar-refractivity contribution < 1.29 is 19.1 Å². The average Bonchev–Trinajstić information content (AvgIpc) is 2.85. The quantitative estimate of drug-likeness (QED) is 0.240. The Bertz CT molecular complexity index is 1170. The molecule has 0 aromatic heterocycles. The number of ether oxygens (including phenoxy) is 2. The maximum atomic E-state index is 12.7. The number of hydrogen-bond acceptors (Lipinski definition) is 5. The number of anilines is 2. The van der Waals surface area contributed by atoms with Crippen molar-refractivity contribution in [2.75, 3.05) is 23.8 Å². The molecule has 7 nitrogen and oxygen atoms in total. The van der Waals surface area contributed by atoms with Crippen LogP contribution in [0.3, 0.4) is 0 Å². The van der Waals surface area contributed by atoms with Crippen molar-refractivity contribution in [3.63, 3.8) is 0 Å². The van der Waals surface area contributed by atoms with Gasteiger partial charge in [-0.05, 0) is 67.2 Å². The van der Waals surface area contributed by atoms with Crippen LogP contribution in [0, 0.1) is 0 Å². The summed E-state index contributed by atoms with van der Waals surface area (Å²) in [5.74, 6) is 0.799. The number of rotatable bonds is 10. The average molecular weight is 512 g/mol. The molecule has 0 saturated carbocycles. The van der Waals surface area contributed by atoms with Crippen molar-refractivity contribution in [1.82, 2.24) is 5.32 Å². The monoisotopic (exact) mass is 511 g/mol. The maximum absolute atomic E-state index is 12.7. The van der Waals surface area contributed by atoms with Crippen molar-refractivity contribution >= 4 is 52.1 Å². The van der Waals surface area contributed by atoms with E-state index < -0.39 is 5.91 Å². The number of para-hydroxylation sites is 1. The lowest BCUT2D eigenvalue weighted by molar-refractivity contribution is -0.116. The normalized spacial score (nSPS) is 10.2. The molecule has 3 aromatic rings. The number of halogens is 1. The highest BCUT2D eigenvalue weighted by atomic mass is 35.5. The van der Waals surface area contributed by atoms with Gasteiger partial charge in [-0.15, -0.1) is 0 Å². The zero-order valence-electron chi connectivity index (χ0n) is 19.2. The molecule has 3 N–H and O–H groups in total. The summed E-state index contributed by atoms with van der Waals surface area (Å²) in [6, 6.07) is 21.2. The summed E-state index contributed by atoms with van der Waals surface area (Å²) in [6.07, 6.45) is 1.16. The molecule has 182 valence electrons. The lowest BCUT2D eigenvalue weighted by Gasteiger charge is -2.13. The van der Waals surface area contributed by atoms with E-state index in [2.05, 4.69) is 16.0 Å². The van der Waals surface area contributed by atoms with Gasteiger partial charge in [0.05, 0.1) is 10.7 Å². The van der Waals surface area contributed by atoms with Gasteiger partial charge in [-0.1, -0.05) is 42.8 Å². The first kappa shape index (κ1) is 26.0. The Morgan fingerprint density at radius 1 is 0.886 bits per heavy atom. The Labute approximate surface area is 214 Å². The highest BCUT2D eigenvalue weighted by Crippen LogP contribution is 2.26. The van der Waals surface area contributed by atoms with E-state index in [0.29, 0.717) is 47.3 Å². The predicted octanol–water partition coefficient (Wildman–Crippen LogP) is 5.66. The molecule has 0 aliphatic heterocycles. The largest absolute Gasteiger partial charge is 0.490 e. The van der Waals surface area contributed by atoms with E-state index in [9.17, 15) is 9.59 Å². The first-order chi connectivity index (χ1) is 16.9. The zero-order chi connectivity index (χ0) is 25.0. The summed E-state index contributed by atoms with van der Waals surface area (Å²) in [7, 11) is 0. The Morgan fingerprint density at radius 2 is 1.60 bits per heavy atom. The number of benzene rings is 3. The van der Waals surface area contributed by atoms with E-state index in [4.69, 9.17) is 33.3 Å². The Kier molecular flexibility index (Phi) is 9.89. The lowest BCUT2D eigenvalue weighted by atomic mass is 10.2. The van der Waals surface area contributed by atoms with Gasteiger partial charge >= 0.3 is 0 Å². The van der Waals surface area contributed by atoms with Gasteiger partial charge in [0.15, 0.2) is 5.11 Å². The summed E-state index contributed by atoms with van der Waals surface area (Å²) in [6.45, 7) is 2.62. The van der Waals surface area contributed by atoms with E-state index in [1.807, 2.05) is 37.3 Å². The minimum Gasteiger partial charge on any atom is -0.490 e. The van der Waals surface area contributed by atoms with Crippen LogP contribution >= 0.6 is 23.8 Å². The van der Waals surface area contributed by atoms with E-state index in [-0.39, 0.29) is 11.0 Å². The van der Waals surface area contributed by atoms with Crippen molar-refractivity contribution in [2.24, 2.45) is 0 Å². The molecule has 0 aliphatic carbocycles. The molecule has 35 heavy (non-hydrogen) atoms. The first-order valence-electron chi connectivity index (χ1n) is 11.1. The van der Waals surface area contributed by atoms with Gasteiger partial charge in [-0.3, -0.25) is 14.9 Å². The standard InChI is InChI=1S/C26H26ClN3O4S/c1-2-7-24(31)28-19-12-13-22(27)23(17-19)29-26(35)30-25(32)18-8-6-11-21(16-18)34-15-14-33-20-9-4-3-5-10-20/h3-6,8-13,16-17H,2,7,14-15H2,1H3,(H,28,31)(H2,29,30,32,35). The number of hydrogen-bond donors (Lipinski definition) is 3. The Morgan fingerprint density at radius 3 is 2.34 bits per heavy atom. The van der Waals surface area contributed by atoms with E-state index >= 15 is 0 Å². The topological polar surface area (TPSA) is 88.7 Å². The van der Waals surface area contributed by atoms with Crippen LogP contribution in [0.25, 0.3) is 0 Å². The zero-order valence-corrected chi connectivity index (χ0v) is 20.7. The Hall–Kier alpha value is -3.62. The Balaban J connectivity index is 1.52. The molecular formula is C26H26ClN3O4S. The second kappa shape index (κ2) is 13.3. The van der Waals surface area contributed by atoms with Crippen LogP contribution in [0.5, 0.6) is 11.5 Å². The molecule has 0 saturated heterocycles. The molecule has 0 spiro atoms. The predicted molar refractivity (Wildman–Crippen MR) is 143 cm³/mol. The van der Waals surface area contributed by atoms with Gasteiger partial charge in [0.1, 0.15) is 24.7 Å². The smallest absolute Gasteiger partial charge is 0.257 e. The minimum atomic E-state index is -0.406. The lowest BCUT2D eigenvalue weighted by Crippen LogP contribution is -2.34. The van der Waals surface area contributed by atoms with E-state index in [1.165, 1.54) is 0 Å². The van der Waals surface area contributed by atoms with Crippen molar-refractivity contribution in [3.8, 4) is 11.5 Å². The van der Waals surface area contributed by atoms with Gasteiger partial charge in [-0.2, -0.15) is 0 Å². The van der Waals surface area contributed by atoms with Crippen molar-refractivity contribution in [2.45, 2.75) is 19.8 Å². The van der Waals surface area contributed by atoms with Gasteiger partial charge in [0.2, 0.25) is 5.91 Å². The summed E-state index contributed by atoms with van der Waals surface area (Å²) in [5, 5.41) is 8.77. The van der Waals surface area contributed by atoms with Crippen LogP contribution in [0.15, 0.2) is 72.8 Å². The maximum Gasteiger partial charge on any atom is 0.257 e. The fourth-order valence-electron chi connectivity index (χ4n) is 3.04. The van der Waals surface area contributed by atoms with Gasteiger partial charge in [-0.25, -0.2) is 0 Å². The number of amides is 2. The van der Waals surface area contributed by atoms with Crippen molar-refractivity contribution in [1.29, 1.82) is 0 Å². The van der Waals surface area contributed by atoms with Gasteiger partial charge in [0.25, 0.3) is 5.91 Å². The van der Waals surface area contributed by atoms with Gasteiger partial charge < -0.3 is 20.1 Å². The molecule has 9 heteroatoms. The molecule has 0 bridgehead atoms. The number of thiocarbonyl (C=S) groups is 1. The third-order valence-corrected chi connectivity index (χ3v) is 5.20. The van der Waals surface area contributed by atoms with Gasteiger partial charge in [0, 0.05) is 17.7 Å². The van der Waals surface area contributed by atoms with E-state index in [0.717, 1.165) is 12.2 Å². The molecule has 0 heterocycles. The number of nitrogens with one attached hydrogen (secondary N) is 3. The molecule has 0 atom stereocenters. The highest BCUT2D eigenvalue weighted by molar-refractivity contribution is 7.80. The SMILES string of the molecule is CCCC(=O)Nc1ccc(Cl)c(NC(=S)NC(=O)c2cccc(OCCOc3ccccc3)c2)c1. The molecule has 3 rings (SSSR count).